The number of nitrogens with zero attached hydrogens (tertiary/aromatic N) is 1. The lowest BCUT2D eigenvalue weighted by molar-refractivity contribution is 0.0601. The maximum absolute atomic E-state index is 11.9. The topological polar surface area (TPSA) is 48.4 Å². The molecule has 0 spiro atoms. The molecule has 0 aliphatic heterocycles. The predicted molar refractivity (Wildman–Crippen MR) is 82.6 cm³/mol. The molecule has 0 radical (unpaired) electrons. The molecule has 0 saturated heterocycles. The molecular weight excluding hydrogens is 337 g/mol. The number of ether oxygens (including phenoxy) is 2. The van der Waals surface area contributed by atoms with Crippen LogP contribution in [-0.4, -0.2) is 25.2 Å². The maximum atomic E-state index is 11.9. The lowest BCUT2D eigenvalue weighted by Gasteiger charge is -2.13. The summed E-state index contributed by atoms with van der Waals surface area (Å²) in [5.74, 6) is -0.300. The zero-order chi connectivity index (χ0) is 15.6. The van der Waals surface area contributed by atoms with E-state index < -0.39 is 5.97 Å². The van der Waals surface area contributed by atoms with Crippen LogP contribution in [0.3, 0.4) is 0 Å². The highest BCUT2D eigenvalue weighted by atomic mass is 35.5. The molecule has 0 bridgehead atoms. The minimum Gasteiger partial charge on any atom is -0.481 e. The third-order valence-electron chi connectivity index (χ3n) is 2.79. The van der Waals surface area contributed by atoms with Crippen molar-refractivity contribution in [2.75, 3.05) is 14.2 Å². The highest BCUT2D eigenvalue weighted by Crippen LogP contribution is 2.40. The van der Waals surface area contributed by atoms with Crippen molar-refractivity contribution in [3.05, 3.63) is 45.0 Å². The van der Waals surface area contributed by atoms with Gasteiger partial charge in [0.25, 0.3) is 0 Å². The second-order valence-corrected chi connectivity index (χ2v) is 5.20. The van der Waals surface area contributed by atoms with E-state index in [-0.39, 0.29) is 11.4 Å². The van der Waals surface area contributed by atoms with Gasteiger partial charge < -0.3 is 9.47 Å². The van der Waals surface area contributed by atoms with Gasteiger partial charge in [0, 0.05) is 11.8 Å². The van der Waals surface area contributed by atoms with Gasteiger partial charge in [0.1, 0.15) is 0 Å². The summed E-state index contributed by atoms with van der Waals surface area (Å²) in [4.78, 5) is 16.0. The Morgan fingerprint density at radius 1 is 1.10 bits per heavy atom. The SMILES string of the molecule is COC(=O)c1ccnc(OC)c1-c1cc(Cl)c(Cl)cc1Cl. The van der Waals surface area contributed by atoms with Crippen LogP contribution in [0, 0.1) is 0 Å². The summed E-state index contributed by atoms with van der Waals surface area (Å²) in [6, 6.07) is 4.56. The molecule has 0 saturated carbocycles. The smallest absolute Gasteiger partial charge is 0.338 e. The van der Waals surface area contributed by atoms with E-state index >= 15 is 0 Å². The molecule has 1 aromatic heterocycles. The van der Waals surface area contributed by atoms with E-state index in [9.17, 15) is 4.79 Å². The number of aromatic nitrogens is 1. The Hall–Kier alpha value is -1.49. The summed E-state index contributed by atoms with van der Waals surface area (Å²) < 4.78 is 9.97. The standard InChI is InChI=1S/C14H10Cl3NO3/c1-20-13-12(7(3-4-18-13)14(19)21-2)8-5-10(16)11(17)6-9(8)15/h3-6H,1-2H3. The Morgan fingerprint density at radius 2 is 1.76 bits per heavy atom. The molecule has 21 heavy (non-hydrogen) atoms. The number of hydrogen-bond acceptors (Lipinski definition) is 4. The number of benzene rings is 1. The molecule has 1 aromatic carbocycles. The van der Waals surface area contributed by atoms with Gasteiger partial charge in [0.2, 0.25) is 5.88 Å². The molecule has 0 aliphatic carbocycles. The summed E-state index contributed by atoms with van der Waals surface area (Å²) >= 11 is 18.2. The second kappa shape index (κ2) is 6.52. The Labute approximate surface area is 136 Å². The molecule has 0 amide bonds. The van der Waals surface area contributed by atoms with E-state index in [1.54, 1.807) is 6.07 Å². The van der Waals surface area contributed by atoms with Crippen LogP contribution in [0.2, 0.25) is 15.1 Å². The Bertz CT molecular complexity index is 704. The van der Waals surface area contributed by atoms with Crippen molar-refractivity contribution in [3.8, 4) is 17.0 Å². The number of esters is 1. The third kappa shape index (κ3) is 3.07. The van der Waals surface area contributed by atoms with Crippen LogP contribution >= 0.6 is 34.8 Å². The largest absolute Gasteiger partial charge is 0.481 e. The van der Waals surface area contributed by atoms with Crippen molar-refractivity contribution >= 4 is 40.8 Å². The normalized spacial score (nSPS) is 10.3. The first-order chi connectivity index (χ1) is 9.99. The van der Waals surface area contributed by atoms with Gasteiger partial charge >= 0.3 is 5.97 Å². The van der Waals surface area contributed by atoms with Crippen LogP contribution in [0.15, 0.2) is 24.4 Å². The highest BCUT2D eigenvalue weighted by molar-refractivity contribution is 6.44. The molecule has 0 atom stereocenters. The second-order valence-electron chi connectivity index (χ2n) is 3.98. The number of methoxy groups -OCH3 is 2. The third-order valence-corrected chi connectivity index (χ3v) is 3.83. The van der Waals surface area contributed by atoms with Crippen LogP contribution in [0.25, 0.3) is 11.1 Å². The average molecular weight is 347 g/mol. The van der Waals surface area contributed by atoms with E-state index in [0.29, 0.717) is 26.2 Å². The van der Waals surface area contributed by atoms with Gasteiger partial charge in [-0.05, 0) is 18.2 Å². The Kier molecular flexibility index (Phi) is 4.93. The number of pyridine rings is 1. The maximum Gasteiger partial charge on any atom is 0.338 e. The number of halogens is 3. The van der Waals surface area contributed by atoms with Crippen molar-refractivity contribution in [2.45, 2.75) is 0 Å². The molecule has 0 aliphatic rings. The van der Waals surface area contributed by atoms with Gasteiger partial charge in [-0.15, -0.1) is 0 Å². The molecule has 2 aromatic rings. The van der Waals surface area contributed by atoms with Crippen molar-refractivity contribution in [3.63, 3.8) is 0 Å². The Balaban J connectivity index is 2.78. The van der Waals surface area contributed by atoms with Crippen LogP contribution in [0.1, 0.15) is 10.4 Å². The quantitative estimate of drug-likeness (QED) is 0.606. The van der Waals surface area contributed by atoms with Crippen LogP contribution in [0.5, 0.6) is 5.88 Å². The molecule has 0 fully saturated rings. The zero-order valence-electron chi connectivity index (χ0n) is 11.1. The van der Waals surface area contributed by atoms with Crippen LogP contribution in [-0.2, 0) is 4.74 Å². The zero-order valence-corrected chi connectivity index (χ0v) is 13.4. The summed E-state index contributed by atoms with van der Waals surface area (Å²) in [6.45, 7) is 0. The van der Waals surface area contributed by atoms with Gasteiger partial charge in [-0.2, -0.15) is 0 Å². The summed E-state index contributed by atoms with van der Waals surface area (Å²) in [5.41, 5.74) is 1.15. The molecule has 2 rings (SSSR count). The lowest BCUT2D eigenvalue weighted by Crippen LogP contribution is -2.06. The first-order valence-electron chi connectivity index (χ1n) is 5.75. The summed E-state index contributed by atoms with van der Waals surface area (Å²) in [7, 11) is 2.73. The molecule has 7 heteroatoms. The average Bonchev–Trinajstić information content (AvgIpc) is 2.49. The fraction of sp³-hybridized carbons (Fsp3) is 0.143. The van der Waals surface area contributed by atoms with E-state index in [0.717, 1.165) is 0 Å². The fourth-order valence-corrected chi connectivity index (χ4v) is 2.49. The predicted octanol–water partition coefficient (Wildman–Crippen LogP) is 4.50. The molecular formula is C14H10Cl3NO3. The highest BCUT2D eigenvalue weighted by Gasteiger charge is 2.21. The van der Waals surface area contributed by atoms with Gasteiger partial charge in [0.15, 0.2) is 0 Å². The number of hydrogen-bond donors (Lipinski definition) is 0. The molecule has 110 valence electrons. The first kappa shape index (κ1) is 15.9. The summed E-state index contributed by atoms with van der Waals surface area (Å²) in [5, 5.41) is 0.937. The minimum atomic E-state index is -0.534. The van der Waals surface area contributed by atoms with E-state index in [4.69, 9.17) is 44.3 Å². The fourth-order valence-electron chi connectivity index (χ4n) is 1.85. The van der Waals surface area contributed by atoms with Crippen molar-refractivity contribution in [1.29, 1.82) is 0 Å². The van der Waals surface area contributed by atoms with Crippen LogP contribution in [0.4, 0.5) is 0 Å². The molecule has 1 heterocycles. The van der Waals surface area contributed by atoms with Gasteiger partial charge in [-0.25, -0.2) is 9.78 Å². The number of rotatable bonds is 3. The van der Waals surface area contributed by atoms with E-state index in [1.807, 2.05) is 0 Å². The first-order valence-corrected chi connectivity index (χ1v) is 6.89. The minimum absolute atomic E-state index is 0.234. The number of carbonyl (C=O) groups excluding carboxylic acids is 1. The molecule has 0 N–H and O–H groups in total. The van der Waals surface area contributed by atoms with Gasteiger partial charge in [-0.1, -0.05) is 34.8 Å². The Morgan fingerprint density at radius 3 is 2.38 bits per heavy atom. The van der Waals surface area contributed by atoms with Gasteiger partial charge in [-0.3, -0.25) is 0 Å². The van der Waals surface area contributed by atoms with Crippen molar-refractivity contribution in [2.24, 2.45) is 0 Å². The number of carbonyl (C=O) groups is 1. The van der Waals surface area contributed by atoms with E-state index in [2.05, 4.69) is 4.98 Å². The van der Waals surface area contributed by atoms with Crippen molar-refractivity contribution in [1.82, 2.24) is 4.98 Å². The van der Waals surface area contributed by atoms with Crippen LogP contribution < -0.4 is 4.74 Å². The molecule has 0 unspecified atom stereocenters. The van der Waals surface area contributed by atoms with Gasteiger partial charge in [0.05, 0.1) is 40.4 Å². The van der Waals surface area contributed by atoms with E-state index in [1.165, 1.54) is 32.5 Å². The van der Waals surface area contributed by atoms with Crippen molar-refractivity contribution < 1.29 is 14.3 Å². The molecule has 4 nitrogen and oxygen atoms in total. The monoisotopic (exact) mass is 345 g/mol. The summed E-state index contributed by atoms with van der Waals surface area (Å²) in [6.07, 6.45) is 1.44. The lowest BCUT2D eigenvalue weighted by atomic mass is 10.0.